The number of ether oxygens (including phenoxy) is 1. The van der Waals surface area contributed by atoms with Crippen molar-refractivity contribution in [3.63, 3.8) is 0 Å². The zero-order valence-corrected chi connectivity index (χ0v) is 10.3. The van der Waals surface area contributed by atoms with Gasteiger partial charge in [0.15, 0.2) is 8.84 Å². The van der Waals surface area contributed by atoms with Crippen molar-refractivity contribution in [2.75, 3.05) is 7.11 Å². The molecule has 0 aliphatic carbocycles. The van der Waals surface area contributed by atoms with Gasteiger partial charge in [0.05, 0.1) is 12.0 Å². The van der Waals surface area contributed by atoms with E-state index in [1.807, 2.05) is 6.07 Å². The van der Waals surface area contributed by atoms with Gasteiger partial charge >= 0.3 is 0 Å². The van der Waals surface area contributed by atoms with Gasteiger partial charge in [-0.15, -0.1) is 0 Å². The summed E-state index contributed by atoms with van der Waals surface area (Å²) in [4.78, 5) is 5.18. The highest BCUT2D eigenvalue weighted by Crippen LogP contribution is 2.26. The molecule has 7 heteroatoms. The Labute approximate surface area is 96.5 Å². The van der Waals surface area contributed by atoms with E-state index in [4.69, 9.17) is 4.74 Å². The van der Waals surface area contributed by atoms with E-state index in [0.717, 1.165) is 13.7 Å². The minimum atomic E-state index is 0.616. The first kappa shape index (κ1) is 9.28. The Balaban J connectivity index is 2.35. The standard InChI is InChI=1S/C6H4IN3OS2/c1-11-4-2-3(12-9-4)5-8-6(7)13-10-5/h2H,1H3. The van der Waals surface area contributed by atoms with Crippen LogP contribution in [0.2, 0.25) is 0 Å². The molecule has 0 aliphatic rings. The summed E-state index contributed by atoms with van der Waals surface area (Å²) >= 11 is 4.86. The van der Waals surface area contributed by atoms with E-state index in [1.165, 1.54) is 23.1 Å². The number of nitrogens with zero attached hydrogens (tertiary/aromatic N) is 3. The lowest BCUT2D eigenvalue weighted by Gasteiger charge is -1.86. The van der Waals surface area contributed by atoms with E-state index in [1.54, 1.807) is 7.11 Å². The molecule has 0 aromatic carbocycles. The van der Waals surface area contributed by atoms with Crippen LogP contribution in [0.4, 0.5) is 0 Å². The second kappa shape index (κ2) is 3.84. The molecule has 0 radical (unpaired) electrons. The van der Waals surface area contributed by atoms with Gasteiger partial charge in [0.1, 0.15) is 0 Å². The molecular formula is C6H4IN3OS2. The van der Waals surface area contributed by atoms with Crippen molar-refractivity contribution in [3.05, 3.63) is 9.08 Å². The van der Waals surface area contributed by atoms with Crippen LogP contribution in [0.1, 0.15) is 0 Å². The van der Waals surface area contributed by atoms with Crippen molar-refractivity contribution in [2.45, 2.75) is 0 Å². The monoisotopic (exact) mass is 325 g/mol. The van der Waals surface area contributed by atoms with Crippen molar-refractivity contribution >= 4 is 45.7 Å². The lowest BCUT2D eigenvalue weighted by Crippen LogP contribution is -1.79. The molecule has 0 unspecified atom stereocenters. The van der Waals surface area contributed by atoms with Gasteiger partial charge in [-0.25, -0.2) is 4.98 Å². The van der Waals surface area contributed by atoms with E-state index < -0.39 is 0 Å². The van der Waals surface area contributed by atoms with Crippen molar-refractivity contribution in [1.82, 2.24) is 13.7 Å². The highest BCUT2D eigenvalue weighted by molar-refractivity contribution is 14.1. The number of hydrogen-bond donors (Lipinski definition) is 0. The maximum atomic E-state index is 4.97. The van der Waals surface area contributed by atoms with Gasteiger partial charge in [-0.3, -0.25) is 0 Å². The molecule has 13 heavy (non-hydrogen) atoms. The average Bonchev–Trinajstić information content (AvgIpc) is 2.71. The Bertz CT molecular complexity index is 413. The minimum absolute atomic E-state index is 0.616. The SMILES string of the molecule is COc1cc(-c2nsc(I)n2)sn1. The van der Waals surface area contributed by atoms with Crippen LogP contribution in [0.5, 0.6) is 5.88 Å². The Hall–Kier alpha value is -0.280. The van der Waals surface area contributed by atoms with Crippen molar-refractivity contribution in [2.24, 2.45) is 0 Å². The summed E-state index contributed by atoms with van der Waals surface area (Å²) in [5.74, 6) is 1.35. The van der Waals surface area contributed by atoms with Crippen molar-refractivity contribution in [3.8, 4) is 16.6 Å². The van der Waals surface area contributed by atoms with Crippen LogP contribution in [-0.2, 0) is 0 Å². The maximum Gasteiger partial charge on any atom is 0.225 e. The van der Waals surface area contributed by atoms with Gasteiger partial charge < -0.3 is 4.74 Å². The van der Waals surface area contributed by atoms with Crippen LogP contribution in [-0.4, -0.2) is 20.8 Å². The van der Waals surface area contributed by atoms with Crippen molar-refractivity contribution < 1.29 is 4.74 Å². The molecule has 0 saturated heterocycles. The number of methoxy groups -OCH3 is 1. The summed E-state index contributed by atoms with van der Waals surface area (Å²) < 4.78 is 14.1. The van der Waals surface area contributed by atoms with E-state index in [-0.39, 0.29) is 0 Å². The summed E-state index contributed by atoms with van der Waals surface area (Å²) in [5, 5.41) is 0. The van der Waals surface area contributed by atoms with Crippen LogP contribution >= 0.6 is 45.7 Å². The Morgan fingerprint density at radius 3 is 2.77 bits per heavy atom. The maximum absolute atomic E-state index is 4.97. The Kier molecular flexibility index (Phi) is 2.74. The minimum Gasteiger partial charge on any atom is -0.480 e. The smallest absolute Gasteiger partial charge is 0.225 e. The van der Waals surface area contributed by atoms with Gasteiger partial charge in [-0.2, -0.15) is 8.75 Å². The molecule has 68 valence electrons. The fourth-order valence-corrected chi connectivity index (χ4v) is 2.42. The van der Waals surface area contributed by atoms with Gasteiger partial charge in [-0.1, -0.05) is 0 Å². The molecule has 0 N–H and O–H groups in total. The highest BCUT2D eigenvalue weighted by Gasteiger charge is 2.09. The first-order chi connectivity index (χ1) is 6.29. The van der Waals surface area contributed by atoms with Crippen LogP contribution in [0.15, 0.2) is 6.07 Å². The van der Waals surface area contributed by atoms with Crippen molar-refractivity contribution in [1.29, 1.82) is 0 Å². The molecular weight excluding hydrogens is 321 g/mol. The predicted octanol–water partition coefficient (Wildman–Crippen LogP) is 2.27. The van der Waals surface area contributed by atoms with Crippen LogP contribution < -0.4 is 4.74 Å². The fourth-order valence-electron chi connectivity index (χ4n) is 0.766. The van der Waals surface area contributed by atoms with Crippen LogP contribution in [0, 0.1) is 3.01 Å². The molecule has 0 bridgehead atoms. The van der Waals surface area contributed by atoms with E-state index in [2.05, 4.69) is 36.3 Å². The third-order valence-corrected chi connectivity index (χ3v) is 3.43. The van der Waals surface area contributed by atoms with E-state index >= 15 is 0 Å². The molecule has 2 aromatic rings. The Morgan fingerprint density at radius 2 is 2.23 bits per heavy atom. The molecule has 0 fully saturated rings. The Morgan fingerprint density at radius 1 is 1.38 bits per heavy atom. The quantitative estimate of drug-likeness (QED) is 0.795. The molecule has 2 heterocycles. The zero-order valence-electron chi connectivity index (χ0n) is 6.52. The highest BCUT2D eigenvalue weighted by atomic mass is 127. The summed E-state index contributed by atoms with van der Waals surface area (Å²) in [6.07, 6.45) is 0. The van der Waals surface area contributed by atoms with Gasteiger partial charge in [0.25, 0.3) is 0 Å². The molecule has 4 nitrogen and oxygen atoms in total. The molecule has 0 saturated carbocycles. The average molecular weight is 325 g/mol. The van der Waals surface area contributed by atoms with E-state index in [9.17, 15) is 0 Å². The second-order valence-corrected chi connectivity index (χ2v) is 5.42. The summed E-state index contributed by atoms with van der Waals surface area (Å²) in [5.41, 5.74) is 0. The first-order valence-corrected chi connectivity index (χ1v) is 5.92. The molecule has 0 amide bonds. The number of hydrogen-bond acceptors (Lipinski definition) is 6. The lowest BCUT2D eigenvalue weighted by atomic mass is 10.5. The second-order valence-electron chi connectivity index (χ2n) is 2.10. The summed E-state index contributed by atoms with van der Waals surface area (Å²) in [6.45, 7) is 0. The van der Waals surface area contributed by atoms with Gasteiger partial charge in [0.2, 0.25) is 5.88 Å². The first-order valence-electron chi connectivity index (χ1n) is 3.30. The third-order valence-electron chi connectivity index (χ3n) is 1.32. The van der Waals surface area contributed by atoms with E-state index in [0.29, 0.717) is 5.88 Å². The molecule has 0 aliphatic heterocycles. The normalized spacial score (nSPS) is 10.3. The van der Waals surface area contributed by atoms with Gasteiger partial charge in [-0.05, 0) is 45.7 Å². The molecule has 0 atom stereocenters. The fraction of sp³-hybridized carbons (Fsp3) is 0.167. The van der Waals surface area contributed by atoms with Crippen LogP contribution in [0.3, 0.4) is 0 Å². The summed E-state index contributed by atoms with van der Waals surface area (Å²) in [6, 6.07) is 1.84. The lowest BCUT2D eigenvalue weighted by molar-refractivity contribution is 0.403. The number of rotatable bonds is 2. The topological polar surface area (TPSA) is 47.9 Å². The number of halogens is 1. The molecule has 2 aromatic heterocycles. The molecule has 0 spiro atoms. The largest absolute Gasteiger partial charge is 0.480 e. The zero-order chi connectivity index (χ0) is 9.26. The predicted molar refractivity (Wildman–Crippen MR) is 60.3 cm³/mol. The van der Waals surface area contributed by atoms with Crippen LogP contribution in [0.25, 0.3) is 10.7 Å². The number of aromatic nitrogens is 3. The third kappa shape index (κ3) is 1.97. The molecule has 2 rings (SSSR count). The van der Waals surface area contributed by atoms with Gasteiger partial charge in [0, 0.05) is 6.07 Å². The summed E-state index contributed by atoms with van der Waals surface area (Å²) in [7, 11) is 1.59.